The van der Waals surface area contributed by atoms with E-state index in [2.05, 4.69) is 21.4 Å². The zero-order chi connectivity index (χ0) is 24.0. The van der Waals surface area contributed by atoms with Crippen LogP contribution < -0.4 is 15.1 Å². The first-order valence-corrected chi connectivity index (χ1v) is 11.6. The van der Waals surface area contributed by atoms with Crippen LogP contribution in [0.3, 0.4) is 0 Å². The second-order valence-electron chi connectivity index (χ2n) is 8.36. The van der Waals surface area contributed by atoms with Gasteiger partial charge in [0.05, 0.1) is 24.8 Å². The van der Waals surface area contributed by atoms with Crippen LogP contribution in [0.5, 0.6) is 5.75 Å². The van der Waals surface area contributed by atoms with Gasteiger partial charge in [-0.1, -0.05) is 64.0 Å². The summed E-state index contributed by atoms with van der Waals surface area (Å²) in [6.07, 6.45) is 0. The van der Waals surface area contributed by atoms with E-state index in [0.717, 1.165) is 20.5 Å². The summed E-state index contributed by atoms with van der Waals surface area (Å²) in [4.78, 5) is 42.1. The summed E-state index contributed by atoms with van der Waals surface area (Å²) >= 11 is 3.39. The highest BCUT2D eigenvalue weighted by molar-refractivity contribution is 9.10. The number of hydrogen-bond donors (Lipinski definition) is 1. The molecule has 0 aliphatic carbocycles. The molecule has 0 spiro atoms. The van der Waals surface area contributed by atoms with Crippen molar-refractivity contribution < 1.29 is 19.1 Å². The standard InChI is InChI=1S/C26H22BrN3O4/c1-15-10-12-16(13-11-15)22-21-23(30(28-22)24(31)17-6-5-7-18(27)14-17)26(33)29(25(21)32)19-8-3-4-9-20(19)34-2/h3-14,21-23,28H,1-2H3. The Hall–Kier alpha value is -3.49. The Morgan fingerprint density at radius 2 is 1.71 bits per heavy atom. The molecule has 2 heterocycles. The molecule has 0 aromatic heterocycles. The summed E-state index contributed by atoms with van der Waals surface area (Å²) in [5.74, 6) is -1.59. The van der Waals surface area contributed by atoms with Crippen molar-refractivity contribution in [1.29, 1.82) is 0 Å². The highest BCUT2D eigenvalue weighted by Crippen LogP contribution is 2.44. The van der Waals surface area contributed by atoms with Gasteiger partial charge in [0.15, 0.2) is 0 Å². The van der Waals surface area contributed by atoms with E-state index in [1.807, 2.05) is 37.3 Å². The Balaban J connectivity index is 1.60. The number of methoxy groups -OCH3 is 1. The molecule has 1 N–H and O–H groups in total. The molecule has 8 heteroatoms. The predicted octanol–water partition coefficient (Wildman–Crippen LogP) is 4.03. The van der Waals surface area contributed by atoms with Crippen molar-refractivity contribution in [3.63, 3.8) is 0 Å². The van der Waals surface area contributed by atoms with Crippen LogP contribution >= 0.6 is 15.9 Å². The first kappa shape index (κ1) is 22.3. The van der Waals surface area contributed by atoms with Crippen molar-refractivity contribution in [3.05, 3.63) is 94.0 Å². The monoisotopic (exact) mass is 519 g/mol. The largest absolute Gasteiger partial charge is 0.495 e. The summed E-state index contributed by atoms with van der Waals surface area (Å²) in [6.45, 7) is 1.98. The number of carbonyl (C=O) groups excluding carboxylic acids is 3. The Labute approximate surface area is 205 Å². The third-order valence-electron chi connectivity index (χ3n) is 6.29. The SMILES string of the molecule is COc1ccccc1N1C(=O)C2C(c3ccc(C)cc3)NN(C(=O)c3cccc(Br)c3)C2C1=O. The van der Waals surface area contributed by atoms with E-state index >= 15 is 0 Å². The fourth-order valence-electron chi connectivity index (χ4n) is 4.64. The van der Waals surface area contributed by atoms with Gasteiger partial charge in [-0.3, -0.25) is 19.4 Å². The number of halogens is 1. The van der Waals surface area contributed by atoms with Crippen molar-refractivity contribution in [3.8, 4) is 5.75 Å². The maximum Gasteiger partial charge on any atom is 0.268 e. The quantitative estimate of drug-likeness (QED) is 0.526. The maximum atomic E-state index is 13.7. The van der Waals surface area contributed by atoms with Crippen LogP contribution in [-0.4, -0.2) is 35.9 Å². The van der Waals surface area contributed by atoms with Gasteiger partial charge in [-0.2, -0.15) is 0 Å². The van der Waals surface area contributed by atoms with Crippen LogP contribution in [0.2, 0.25) is 0 Å². The number of carbonyl (C=O) groups is 3. The molecule has 172 valence electrons. The number of imide groups is 1. The fourth-order valence-corrected chi connectivity index (χ4v) is 5.04. The van der Waals surface area contributed by atoms with Crippen LogP contribution in [0.15, 0.2) is 77.3 Å². The van der Waals surface area contributed by atoms with E-state index in [0.29, 0.717) is 17.0 Å². The number of hydrogen-bond acceptors (Lipinski definition) is 5. The first-order chi connectivity index (χ1) is 16.4. The number of fused-ring (bicyclic) bond motifs is 1. The molecule has 3 aromatic rings. The molecule has 0 radical (unpaired) electrons. The third kappa shape index (κ3) is 3.59. The number of para-hydroxylation sites is 2. The maximum absolute atomic E-state index is 13.7. The molecule has 2 aliphatic rings. The number of anilines is 1. The average Bonchev–Trinajstić information content (AvgIpc) is 3.35. The molecular formula is C26H22BrN3O4. The molecular weight excluding hydrogens is 498 g/mol. The second kappa shape index (κ2) is 8.70. The normalized spacial score (nSPS) is 21.7. The lowest BCUT2D eigenvalue weighted by Crippen LogP contribution is -2.48. The van der Waals surface area contributed by atoms with Gasteiger partial charge in [0.1, 0.15) is 11.8 Å². The van der Waals surface area contributed by atoms with Gasteiger partial charge in [-0.25, -0.2) is 10.3 Å². The summed E-state index contributed by atoms with van der Waals surface area (Å²) < 4.78 is 6.15. The molecule has 3 amide bonds. The molecule has 2 aliphatic heterocycles. The highest BCUT2D eigenvalue weighted by atomic mass is 79.9. The number of hydrazine groups is 1. The third-order valence-corrected chi connectivity index (χ3v) is 6.78. The molecule has 0 saturated carbocycles. The van der Waals surface area contributed by atoms with Gasteiger partial charge >= 0.3 is 0 Å². The van der Waals surface area contributed by atoms with E-state index in [1.54, 1.807) is 42.5 Å². The van der Waals surface area contributed by atoms with Gasteiger partial charge in [0, 0.05) is 10.0 Å². The predicted molar refractivity (Wildman–Crippen MR) is 130 cm³/mol. The van der Waals surface area contributed by atoms with Gasteiger partial charge in [-0.15, -0.1) is 0 Å². The van der Waals surface area contributed by atoms with Crippen molar-refractivity contribution in [1.82, 2.24) is 10.4 Å². The molecule has 2 fully saturated rings. The van der Waals surface area contributed by atoms with Gasteiger partial charge in [-0.05, 0) is 42.8 Å². The molecule has 5 rings (SSSR count). The Morgan fingerprint density at radius 3 is 2.41 bits per heavy atom. The summed E-state index contributed by atoms with van der Waals surface area (Å²) in [5, 5.41) is 1.31. The lowest BCUT2D eigenvalue weighted by molar-refractivity contribution is -0.123. The Morgan fingerprint density at radius 1 is 0.971 bits per heavy atom. The molecule has 0 bridgehead atoms. The van der Waals surface area contributed by atoms with Crippen molar-refractivity contribution in [2.45, 2.75) is 19.0 Å². The van der Waals surface area contributed by atoms with E-state index in [9.17, 15) is 14.4 Å². The zero-order valence-corrected chi connectivity index (χ0v) is 20.2. The first-order valence-electron chi connectivity index (χ1n) is 10.8. The number of amides is 3. The van der Waals surface area contributed by atoms with Crippen molar-refractivity contribution in [2.75, 3.05) is 12.0 Å². The molecule has 3 unspecified atom stereocenters. The van der Waals surface area contributed by atoms with E-state index in [-0.39, 0.29) is 11.8 Å². The number of ether oxygens (including phenoxy) is 1. The van der Waals surface area contributed by atoms with Crippen LogP contribution in [0.4, 0.5) is 5.69 Å². The lowest BCUT2D eigenvalue weighted by atomic mass is 9.90. The topological polar surface area (TPSA) is 79.0 Å². The lowest BCUT2D eigenvalue weighted by Gasteiger charge is -2.26. The number of benzene rings is 3. The molecule has 34 heavy (non-hydrogen) atoms. The number of rotatable bonds is 4. The highest BCUT2D eigenvalue weighted by Gasteiger charge is 2.60. The van der Waals surface area contributed by atoms with Gasteiger partial charge in [0.2, 0.25) is 5.91 Å². The van der Waals surface area contributed by atoms with Crippen LogP contribution in [0.1, 0.15) is 27.5 Å². The summed E-state index contributed by atoms with van der Waals surface area (Å²) in [6, 6.07) is 20.0. The van der Waals surface area contributed by atoms with Crippen LogP contribution in [-0.2, 0) is 9.59 Å². The molecule has 3 atom stereocenters. The Bertz CT molecular complexity index is 1290. The number of nitrogens with zero attached hydrogens (tertiary/aromatic N) is 2. The molecule has 3 aromatic carbocycles. The zero-order valence-electron chi connectivity index (χ0n) is 18.6. The molecule has 2 saturated heterocycles. The van der Waals surface area contributed by atoms with Crippen LogP contribution in [0, 0.1) is 12.8 Å². The minimum Gasteiger partial charge on any atom is -0.495 e. The van der Waals surface area contributed by atoms with Crippen molar-refractivity contribution >= 4 is 39.3 Å². The average molecular weight is 520 g/mol. The smallest absolute Gasteiger partial charge is 0.268 e. The minimum absolute atomic E-state index is 0.368. The Kier molecular flexibility index (Phi) is 5.71. The summed E-state index contributed by atoms with van der Waals surface area (Å²) in [7, 11) is 1.49. The van der Waals surface area contributed by atoms with Gasteiger partial charge in [0.25, 0.3) is 11.8 Å². The number of aryl methyl sites for hydroxylation is 1. The van der Waals surface area contributed by atoms with E-state index in [4.69, 9.17) is 4.74 Å². The molecule has 7 nitrogen and oxygen atoms in total. The van der Waals surface area contributed by atoms with Crippen molar-refractivity contribution in [2.24, 2.45) is 5.92 Å². The second-order valence-corrected chi connectivity index (χ2v) is 9.27. The summed E-state index contributed by atoms with van der Waals surface area (Å²) in [5.41, 5.74) is 5.85. The van der Waals surface area contributed by atoms with E-state index in [1.165, 1.54) is 12.1 Å². The van der Waals surface area contributed by atoms with Gasteiger partial charge < -0.3 is 4.74 Å². The number of nitrogens with one attached hydrogen (secondary N) is 1. The fraction of sp³-hybridized carbons (Fsp3) is 0.192. The van der Waals surface area contributed by atoms with Crippen LogP contribution in [0.25, 0.3) is 0 Å². The minimum atomic E-state index is -0.991. The van der Waals surface area contributed by atoms with E-state index < -0.39 is 23.9 Å².